The van der Waals surface area contributed by atoms with Crippen LogP contribution in [0.3, 0.4) is 0 Å². The van der Waals surface area contributed by atoms with Gasteiger partial charge in [-0.05, 0) is 81.6 Å². The van der Waals surface area contributed by atoms with Crippen LogP contribution in [0.4, 0.5) is 0 Å². The van der Waals surface area contributed by atoms with Crippen LogP contribution in [-0.4, -0.2) is 146 Å². The average molecular weight is 713 g/mol. The first-order chi connectivity index (χ1) is 23.7. The third-order valence-electron chi connectivity index (χ3n) is 13.9. The molecule has 15 nitrogen and oxygen atoms in total. The van der Waals surface area contributed by atoms with Gasteiger partial charge in [-0.1, -0.05) is 6.92 Å². The molecule has 3 heterocycles. The maximum absolute atomic E-state index is 13.2. The van der Waals surface area contributed by atoms with Crippen LogP contribution in [0.25, 0.3) is 0 Å². The summed E-state index contributed by atoms with van der Waals surface area (Å²) in [6.45, 7) is 3.12. The van der Waals surface area contributed by atoms with E-state index in [1.54, 1.807) is 6.92 Å². The summed E-state index contributed by atoms with van der Waals surface area (Å²) in [7, 11) is 0. The van der Waals surface area contributed by atoms with Gasteiger partial charge in [-0.15, -0.1) is 0 Å². The fourth-order valence-electron chi connectivity index (χ4n) is 11.3. The Morgan fingerprint density at radius 1 is 0.920 bits per heavy atom. The van der Waals surface area contributed by atoms with E-state index in [1.807, 2.05) is 6.92 Å². The molecule has 19 atom stereocenters. The van der Waals surface area contributed by atoms with Gasteiger partial charge >= 0.3 is 5.97 Å². The second-order valence-corrected chi connectivity index (χ2v) is 16.2. The molecule has 2 saturated heterocycles. The van der Waals surface area contributed by atoms with Crippen LogP contribution in [0.5, 0.6) is 0 Å². The zero-order valence-electron chi connectivity index (χ0n) is 28.4. The minimum Gasteiger partial charge on any atom is -0.458 e. The number of ether oxygens (including phenoxy) is 5. The van der Waals surface area contributed by atoms with Gasteiger partial charge in [0.15, 0.2) is 12.6 Å². The highest BCUT2D eigenvalue weighted by Gasteiger charge is 2.71. The van der Waals surface area contributed by atoms with Gasteiger partial charge in [0.1, 0.15) is 55.6 Å². The predicted octanol–water partition coefficient (Wildman–Crippen LogP) is -1.57. The predicted molar refractivity (Wildman–Crippen MR) is 167 cm³/mol. The smallest absolute Gasteiger partial charge is 0.331 e. The number of rotatable bonds is 7. The first-order valence-corrected chi connectivity index (χ1v) is 18.1. The van der Waals surface area contributed by atoms with Crippen molar-refractivity contribution in [1.82, 2.24) is 0 Å². The van der Waals surface area contributed by atoms with E-state index in [1.165, 1.54) is 6.08 Å². The van der Waals surface area contributed by atoms with Crippen molar-refractivity contribution in [2.45, 2.75) is 144 Å². The summed E-state index contributed by atoms with van der Waals surface area (Å²) in [6.07, 6.45) is -9.03. The Morgan fingerprint density at radius 3 is 2.32 bits per heavy atom. The number of esters is 1. The third-order valence-corrected chi connectivity index (χ3v) is 13.9. The van der Waals surface area contributed by atoms with Crippen molar-refractivity contribution < 1.29 is 74.1 Å². The van der Waals surface area contributed by atoms with E-state index in [2.05, 4.69) is 0 Å². The van der Waals surface area contributed by atoms with Gasteiger partial charge in [-0.2, -0.15) is 0 Å². The van der Waals surface area contributed by atoms with Crippen LogP contribution >= 0.6 is 0 Å². The number of aliphatic hydroxyl groups excluding tert-OH is 7. The van der Waals surface area contributed by atoms with Crippen LogP contribution in [-0.2, 0) is 33.3 Å². The second kappa shape index (κ2) is 13.4. The molecule has 7 rings (SSSR count). The normalized spacial score (nSPS) is 55.0. The lowest BCUT2D eigenvalue weighted by Crippen LogP contribution is -2.67. The van der Waals surface area contributed by atoms with Crippen LogP contribution in [0, 0.1) is 34.5 Å². The molecule has 8 N–H and O–H groups in total. The van der Waals surface area contributed by atoms with Crippen molar-refractivity contribution in [3.05, 3.63) is 11.6 Å². The minimum atomic E-state index is -1.70. The van der Waals surface area contributed by atoms with E-state index in [0.29, 0.717) is 51.4 Å². The lowest BCUT2D eigenvalue weighted by molar-refractivity contribution is -0.360. The van der Waals surface area contributed by atoms with E-state index >= 15 is 0 Å². The highest BCUT2D eigenvalue weighted by molar-refractivity contribution is 5.85. The summed E-state index contributed by atoms with van der Waals surface area (Å²) in [5, 5.41) is 86.5. The van der Waals surface area contributed by atoms with Gasteiger partial charge in [0, 0.05) is 22.8 Å². The summed E-state index contributed by atoms with van der Waals surface area (Å²) in [6, 6.07) is 0. The minimum absolute atomic E-state index is 0.106. The van der Waals surface area contributed by atoms with Crippen LogP contribution < -0.4 is 0 Å². The largest absolute Gasteiger partial charge is 0.458 e. The van der Waals surface area contributed by atoms with Crippen molar-refractivity contribution in [1.29, 1.82) is 0 Å². The Bertz CT molecular complexity index is 1330. The molecule has 282 valence electrons. The van der Waals surface area contributed by atoms with E-state index in [4.69, 9.17) is 23.7 Å². The van der Waals surface area contributed by atoms with Crippen molar-refractivity contribution in [2.24, 2.45) is 34.5 Å². The molecule has 0 unspecified atom stereocenters. The quantitative estimate of drug-likeness (QED) is 0.0845. The molecule has 4 saturated carbocycles. The SMILES string of the molecule is C[C@H]1O[C@@H](O[C@H]2CC[C@@]3(C=O)[C@H](CC[C@H]4[C@@H]3[C@H](O)C[C@]3(C)[C@@H](C5=CC(=O)OC5)CC[C@]43O)C2)[C@H](O)[C@H](O)[C@@H]1O[C@H]1O[C@H](CO)[C@@H](O)[C@@H](O)[C@H]1O. The topological polar surface area (TPSA) is 242 Å². The number of aldehydes is 1. The number of carbonyl (C=O) groups excluding carboxylic acids is 2. The first-order valence-electron chi connectivity index (χ1n) is 18.1. The summed E-state index contributed by atoms with van der Waals surface area (Å²) < 4.78 is 28.5. The van der Waals surface area contributed by atoms with E-state index in [9.17, 15) is 50.4 Å². The number of aliphatic hydroxyl groups is 8. The van der Waals surface area contributed by atoms with Gasteiger partial charge < -0.3 is 69.3 Å². The average Bonchev–Trinajstić information content (AvgIpc) is 3.64. The Labute approximate surface area is 290 Å². The van der Waals surface area contributed by atoms with Gasteiger partial charge in [0.25, 0.3) is 0 Å². The van der Waals surface area contributed by atoms with E-state index in [0.717, 1.165) is 11.9 Å². The molecule has 0 bridgehead atoms. The van der Waals surface area contributed by atoms with Crippen molar-refractivity contribution in [3.63, 3.8) is 0 Å². The fourth-order valence-corrected chi connectivity index (χ4v) is 11.3. The first kappa shape index (κ1) is 36.7. The van der Waals surface area contributed by atoms with Gasteiger partial charge in [0.2, 0.25) is 0 Å². The van der Waals surface area contributed by atoms with Crippen molar-refractivity contribution in [2.75, 3.05) is 13.2 Å². The number of hydrogen-bond donors (Lipinski definition) is 8. The molecule has 0 radical (unpaired) electrons. The van der Waals surface area contributed by atoms with Gasteiger partial charge in [-0.3, -0.25) is 0 Å². The maximum atomic E-state index is 13.2. The maximum Gasteiger partial charge on any atom is 0.331 e. The molecule has 15 heteroatoms. The summed E-state index contributed by atoms with van der Waals surface area (Å²) >= 11 is 0. The Morgan fingerprint density at radius 2 is 1.64 bits per heavy atom. The third kappa shape index (κ3) is 5.54. The van der Waals surface area contributed by atoms with E-state index in [-0.39, 0.29) is 30.3 Å². The van der Waals surface area contributed by atoms with Crippen LogP contribution in [0.15, 0.2) is 11.6 Å². The molecule has 0 spiro atoms. The number of carbonyl (C=O) groups is 2. The zero-order chi connectivity index (χ0) is 35.9. The molecule has 50 heavy (non-hydrogen) atoms. The Kier molecular flexibility index (Phi) is 9.82. The number of cyclic esters (lactones) is 1. The molecule has 0 aromatic carbocycles. The summed E-state index contributed by atoms with van der Waals surface area (Å²) in [4.78, 5) is 25.0. The molecule has 6 fully saturated rings. The standard InChI is InChI=1S/C35H52O15/c1-15-30(50-32-28(43)26(41)25(40)22(12-36)49-32)27(42)29(44)31(47-15)48-18-5-7-34(14-37)17(10-18)3-4-20-24(34)21(38)11-33(2)19(6-8-35(20,33)45)16-9-23(39)46-13-16/h9,14-15,17-22,24-32,36,38,40-45H,3-8,10-13H2,1-2H3/t15-,17-,18+,19-,20+,21-,22-,24-,25-,26-,27+,28-,29-,30-,31+,32-,33-,34-,35+/m1/s1. The van der Waals surface area contributed by atoms with Gasteiger partial charge in [-0.25, -0.2) is 4.79 Å². The molecule has 0 aromatic heterocycles. The summed E-state index contributed by atoms with van der Waals surface area (Å²) in [5.41, 5.74) is -1.83. The zero-order valence-corrected chi connectivity index (χ0v) is 28.4. The molecule has 3 aliphatic heterocycles. The lowest BCUT2D eigenvalue weighted by Gasteiger charge is -2.64. The highest BCUT2D eigenvalue weighted by atomic mass is 16.7. The molecular formula is C35H52O15. The monoisotopic (exact) mass is 712 g/mol. The number of fused-ring (bicyclic) bond motifs is 5. The molecular weight excluding hydrogens is 660 g/mol. The summed E-state index contributed by atoms with van der Waals surface area (Å²) in [5.74, 6) is -1.41. The Balaban J connectivity index is 1.02. The highest BCUT2D eigenvalue weighted by Crippen LogP contribution is 2.69. The van der Waals surface area contributed by atoms with Crippen LogP contribution in [0.1, 0.15) is 65.2 Å². The molecule has 4 aliphatic carbocycles. The molecule has 0 amide bonds. The molecule has 7 aliphatic rings. The number of hydrogen-bond acceptors (Lipinski definition) is 15. The molecule has 0 aromatic rings. The van der Waals surface area contributed by atoms with Gasteiger partial charge in [0.05, 0.1) is 30.5 Å². The van der Waals surface area contributed by atoms with Crippen molar-refractivity contribution in [3.8, 4) is 0 Å². The van der Waals surface area contributed by atoms with Crippen LogP contribution in [0.2, 0.25) is 0 Å². The fraction of sp³-hybridized carbons (Fsp3) is 0.886. The lowest BCUT2D eigenvalue weighted by atomic mass is 9.42. The Hall–Kier alpha value is -1.60. The second-order valence-electron chi connectivity index (χ2n) is 16.2. The van der Waals surface area contributed by atoms with Crippen molar-refractivity contribution >= 4 is 12.3 Å². The van der Waals surface area contributed by atoms with E-state index < -0.39 is 103 Å².